The van der Waals surface area contributed by atoms with E-state index in [0.29, 0.717) is 12.1 Å². The van der Waals surface area contributed by atoms with Gasteiger partial charge in [-0.25, -0.2) is 0 Å². The molecule has 0 N–H and O–H groups in total. The molecule has 0 saturated carbocycles. The second-order valence-corrected chi connectivity index (χ2v) is 4.14. The average Bonchev–Trinajstić information content (AvgIpc) is 2.68. The van der Waals surface area contributed by atoms with Crippen molar-refractivity contribution in [1.82, 2.24) is 14.8 Å². The van der Waals surface area contributed by atoms with Gasteiger partial charge in [0.1, 0.15) is 5.69 Å². The van der Waals surface area contributed by atoms with Gasteiger partial charge in [-0.15, -0.1) is 0 Å². The smallest absolute Gasteiger partial charge is 0.185 e. The Morgan fingerprint density at radius 3 is 2.65 bits per heavy atom. The van der Waals surface area contributed by atoms with Crippen LogP contribution in [-0.4, -0.2) is 20.5 Å². The van der Waals surface area contributed by atoms with Crippen LogP contribution in [0, 0.1) is 13.8 Å². The Hall–Kier alpha value is -1.97. The second-order valence-electron chi connectivity index (χ2n) is 4.14. The van der Waals surface area contributed by atoms with E-state index in [2.05, 4.69) is 10.1 Å². The third-order valence-corrected chi connectivity index (χ3v) is 2.79. The van der Waals surface area contributed by atoms with Gasteiger partial charge in [0.15, 0.2) is 5.78 Å². The van der Waals surface area contributed by atoms with E-state index < -0.39 is 0 Å². The maximum atomic E-state index is 12.0. The van der Waals surface area contributed by atoms with Gasteiger partial charge in [0, 0.05) is 31.1 Å². The Morgan fingerprint density at radius 2 is 2.06 bits per heavy atom. The monoisotopic (exact) mass is 229 g/mol. The molecule has 0 aliphatic carbocycles. The van der Waals surface area contributed by atoms with Crippen molar-refractivity contribution in [3.05, 3.63) is 47.0 Å². The van der Waals surface area contributed by atoms with E-state index in [9.17, 15) is 4.79 Å². The second kappa shape index (κ2) is 4.49. The Balaban J connectivity index is 2.22. The van der Waals surface area contributed by atoms with Gasteiger partial charge in [0.25, 0.3) is 0 Å². The third-order valence-electron chi connectivity index (χ3n) is 2.79. The fourth-order valence-electron chi connectivity index (χ4n) is 1.81. The number of aryl methyl sites for hydroxylation is 3. The fourth-order valence-corrected chi connectivity index (χ4v) is 1.81. The molecule has 88 valence electrons. The van der Waals surface area contributed by atoms with Crippen LogP contribution in [0.25, 0.3) is 0 Å². The predicted molar refractivity (Wildman–Crippen MR) is 65.0 cm³/mol. The summed E-state index contributed by atoms with van der Waals surface area (Å²) in [4.78, 5) is 16.4. The first-order valence-corrected chi connectivity index (χ1v) is 5.52. The number of carbonyl (C=O) groups excluding carboxylic acids is 1. The van der Waals surface area contributed by atoms with Crippen LogP contribution in [0.15, 0.2) is 24.4 Å². The molecule has 0 bridgehead atoms. The van der Waals surface area contributed by atoms with Gasteiger partial charge in [-0.1, -0.05) is 6.07 Å². The zero-order valence-electron chi connectivity index (χ0n) is 10.3. The highest BCUT2D eigenvalue weighted by Gasteiger charge is 2.12. The first kappa shape index (κ1) is 11.5. The van der Waals surface area contributed by atoms with Crippen LogP contribution in [0.1, 0.15) is 27.4 Å². The number of Topliss-reactive ketones (excluding diaryl/α,β-unsaturated/α-hetero) is 1. The molecule has 0 spiro atoms. The Bertz CT molecular complexity index is 558. The van der Waals surface area contributed by atoms with E-state index in [1.165, 1.54) is 0 Å². The molecule has 2 aromatic rings. The van der Waals surface area contributed by atoms with Crippen LogP contribution < -0.4 is 0 Å². The van der Waals surface area contributed by atoms with Crippen molar-refractivity contribution in [3.63, 3.8) is 0 Å². The summed E-state index contributed by atoms with van der Waals surface area (Å²) in [5, 5.41) is 4.00. The molecule has 4 nitrogen and oxygen atoms in total. The summed E-state index contributed by atoms with van der Waals surface area (Å²) in [6.45, 7) is 3.87. The molecule has 0 atom stereocenters. The molecule has 0 aliphatic heterocycles. The number of hydrogen-bond donors (Lipinski definition) is 0. The quantitative estimate of drug-likeness (QED) is 0.755. The Kier molecular flexibility index (Phi) is 3.04. The lowest BCUT2D eigenvalue weighted by molar-refractivity contribution is 0.0983. The van der Waals surface area contributed by atoms with Crippen molar-refractivity contribution < 1.29 is 4.79 Å². The van der Waals surface area contributed by atoms with Gasteiger partial charge in [0.05, 0.1) is 0 Å². The molecular weight excluding hydrogens is 214 g/mol. The van der Waals surface area contributed by atoms with Crippen molar-refractivity contribution in [1.29, 1.82) is 0 Å². The highest BCUT2D eigenvalue weighted by atomic mass is 16.1. The molecule has 2 heterocycles. The molecule has 17 heavy (non-hydrogen) atoms. The van der Waals surface area contributed by atoms with Crippen molar-refractivity contribution >= 4 is 5.78 Å². The van der Waals surface area contributed by atoms with Crippen LogP contribution in [0.2, 0.25) is 0 Å². The van der Waals surface area contributed by atoms with Gasteiger partial charge >= 0.3 is 0 Å². The van der Waals surface area contributed by atoms with Gasteiger partial charge in [0.2, 0.25) is 0 Å². The summed E-state index contributed by atoms with van der Waals surface area (Å²) < 4.78 is 1.60. The molecule has 0 saturated heterocycles. The first-order valence-electron chi connectivity index (χ1n) is 5.52. The van der Waals surface area contributed by atoms with Crippen LogP contribution in [0.4, 0.5) is 0 Å². The van der Waals surface area contributed by atoms with Crippen molar-refractivity contribution in [2.24, 2.45) is 7.05 Å². The molecule has 0 fully saturated rings. The maximum absolute atomic E-state index is 12.0. The van der Waals surface area contributed by atoms with E-state index in [1.54, 1.807) is 24.0 Å². The standard InChI is InChI=1S/C13H15N3O/c1-9-4-5-11(10(2)15-9)8-13(17)12-6-7-14-16(12)3/h4-7H,8H2,1-3H3. The molecule has 0 aliphatic rings. The number of rotatable bonds is 3. The van der Waals surface area contributed by atoms with E-state index in [4.69, 9.17) is 0 Å². The molecular formula is C13H15N3O. The molecule has 4 heteroatoms. The van der Waals surface area contributed by atoms with Gasteiger partial charge in [-0.2, -0.15) is 5.10 Å². The summed E-state index contributed by atoms with van der Waals surface area (Å²) in [6.07, 6.45) is 2.01. The summed E-state index contributed by atoms with van der Waals surface area (Å²) in [7, 11) is 1.77. The van der Waals surface area contributed by atoms with Gasteiger partial charge in [-0.05, 0) is 31.5 Å². The number of pyridine rings is 1. The van der Waals surface area contributed by atoms with Gasteiger partial charge in [-0.3, -0.25) is 14.5 Å². The third kappa shape index (κ3) is 2.41. The highest BCUT2D eigenvalue weighted by Crippen LogP contribution is 2.10. The van der Waals surface area contributed by atoms with Crippen LogP contribution in [-0.2, 0) is 13.5 Å². The average molecular weight is 229 g/mol. The molecule has 0 radical (unpaired) electrons. The van der Waals surface area contributed by atoms with E-state index >= 15 is 0 Å². The van der Waals surface area contributed by atoms with Crippen LogP contribution in [0.5, 0.6) is 0 Å². The minimum Gasteiger partial charge on any atom is -0.292 e. The minimum atomic E-state index is 0.0683. The zero-order chi connectivity index (χ0) is 12.4. The number of ketones is 1. The number of aromatic nitrogens is 3. The Morgan fingerprint density at radius 1 is 1.29 bits per heavy atom. The van der Waals surface area contributed by atoms with Crippen molar-refractivity contribution in [2.45, 2.75) is 20.3 Å². The number of nitrogens with zero attached hydrogens (tertiary/aromatic N) is 3. The van der Waals surface area contributed by atoms with E-state index in [1.807, 2.05) is 26.0 Å². The van der Waals surface area contributed by atoms with Crippen LogP contribution in [0.3, 0.4) is 0 Å². The largest absolute Gasteiger partial charge is 0.292 e. The summed E-state index contributed by atoms with van der Waals surface area (Å²) in [5.74, 6) is 0.0683. The van der Waals surface area contributed by atoms with Crippen molar-refractivity contribution in [3.8, 4) is 0 Å². The lowest BCUT2D eigenvalue weighted by Crippen LogP contribution is -2.11. The molecule has 2 aromatic heterocycles. The molecule has 0 aromatic carbocycles. The lowest BCUT2D eigenvalue weighted by atomic mass is 10.1. The normalized spacial score (nSPS) is 10.5. The van der Waals surface area contributed by atoms with Crippen LogP contribution >= 0.6 is 0 Å². The molecule has 2 rings (SSSR count). The summed E-state index contributed by atoms with van der Waals surface area (Å²) in [5.41, 5.74) is 3.49. The zero-order valence-corrected chi connectivity index (χ0v) is 10.3. The highest BCUT2D eigenvalue weighted by molar-refractivity contribution is 5.96. The maximum Gasteiger partial charge on any atom is 0.185 e. The lowest BCUT2D eigenvalue weighted by Gasteiger charge is -2.05. The van der Waals surface area contributed by atoms with E-state index in [-0.39, 0.29) is 5.78 Å². The SMILES string of the molecule is Cc1ccc(CC(=O)c2ccnn2C)c(C)n1. The first-order chi connectivity index (χ1) is 8.08. The van der Waals surface area contributed by atoms with Crippen molar-refractivity contribution in [2.75, 3.05) is 0 Å². The fraction of sp³-hybridized carbons (Fsp3) is 0.308. The summed E-state index contributed by atoms with van der Waals surface area (Å²) in [6, 6.07) is 5.63. The minimum absolute atomic E-state index is 0.0683. The topological polar surface area (TPSA) is 47.8 Å². The molecule has 0 amide bonds. The summed E-state index contributed by atoms with van der Waals surface area (Å²) >= 11 is 0. The predicted octanol–water partition coefficient (Wildman–Crippen LogP) is 1.86. The Labute approximate surface area is 100 Å². The van der Waals surface area contributed by atoms with E-state index in [0.717, 1.165) is 17.0 Å². The number of carbonyl (C=O) groups is 1. The molecule has 0 unspecified atom stereocenters. The number of hydrogen-bond acceptors (Lipinski definition) is 3. The van der Waals surface area contributed by atoms with Gasteiger partial charge < -0.3 is 0 Å².